The fourth-order valence-electron chi connectivity index (χ4n) is 5.53. The van der Waals surface area contributed by atoms with Crippen molar-refractivity contribution < 1.29 is 0 Å². The molecule has 0 N–H and O–H groups in total. The monoisotopic (exact) mass is 324 g/mol. The third-order valence-electron chi connectivity index (χ3n) is 6.74. The van der Waals surface area contributed by atoms with Gasteiger partial charge in [0.1, 0.15) is 0 Å². The Hall–Kier alpha value is -2.34. The Balaban J connectivity index is 1.61. The Bertz CT molecular complexity index is 912. The topological polar surface area (TPSA) is 0 Å². The molecule has 0 radical (unpaired) electrons. The van der Waals surface area contributed by atoms with Gasteiger partial charge in [-0.05, 0) is 41.5 Å². The lowest BCUT2D eigenvalue weighted by molar-refractivity contribution is 0.357. The van der Waals surface area contributed by atoms with E-state index in [1.54, 1.807) is 5.57 Å². The maximum atomic E-state index is 2.52. The standard InChI is InChI=1S/C25H24/c1-17-15-24(20-12-7-6-11-19(17)20)25(2)16-22(18-9-4-3-5-10-18)21-13-8-14-23(21)25/h3-15,21-22,24H,16H2,1-2H3. The minimum atomic E-state index is 0.197. The molecule has 1 fully saturated rings. The van der Waals surface area contributed by atoms with Gasteiger partial charge in [0.05, 0.1) is 0 Å². The summed E-state index contributed by atoms with van der Waals surface area (Å²) in [5.41, 5.74) is 7.71. The molecule has 4 unspecified atom stereocenters. The van der Waals surface area contributed by atoms with Gasteiger partial charge in [0.2, 0.25) is 0 Å². The zero-order valence-electron chi connectivity index (χ0n) is 14.9. The van der Waals surface area contributed by atoms with Gasteiger partial charge in [0, 0.05) is 17.3 Å². The van der Waals surface area contributed by atoms with Crippen molar-refractivity contribution in [2.45, 2.75) is 32.1 Å². The molecular formula is C25H24. The van der Waals surface area contributed by atoms with Crippen LogP contribution in [0.15, 0.2) is 84.5 Å². The molecule has 2 aromatic rings. The number of rotatable bonds is 2. The third-order valence-corrected chi connectivity index (χ3v) is 6.74. The van der Waals surface area contributed by atoms with Gasteiger partial charge < -0.3 is 0 Å². The largest absolute Gasteiger partial charge is 0.0767 e. The van der Waals surface area contributed by atoms with Crippen LogP contribution in [0.3, 0.4) is 0 Å². The van der Waals surface area contributed by atoms with E-state index in [1.165, 1.54) is 28.7 Å². The molecule has 5 rings (SSSR count). The molecule has 2 aromatic carbocycles. The van der Waals surface area contributed by atoms with E-state index in [1.807, 2.05) is 0 Å². The molecule has 124 valence electrons. The van der Waals surface area contributed by atoms with Crippen molar-refractivity contribution in [1.82, 2.24) is 0 Å². The molecule has 0 nitrogen and oxygen atoms in total. The Morgan fingerprint density at radius 3 is 2.56 bits per heavy atom. The highest BCUT2D eigenvalue weighted by molar-refractivity contribution is 5.74. The summed E-state index contributed by atoms with van der Waals surface area (Å²) in [6.45, 7) is 4.77. The molecule has 4 atom stereocenters. The van der Waals surface area contributed by atoms with Crippen LogP contribution in [0.2, 0.25) is 0 Å². The van der Waals surface area contributed by atoms with Crippen LogP contribution in [0.5, 0.6) is 0 Å². The lowest BCUT2D eigenvalue weighted by atomic mass is 9.70. The molecule has 0 bridgehead atoms. The van der Waals surface area contributed by atoms with E-state index in [0.717, 1.165) is 0 Å². The molecule has 0 spiro atoms. The Morgan fingerprint density at radius 2 is 1.72 bits per heavy atom. The van der Waals surface area contributed by atoms with Crippen molar-refractivity contribution in [2.75, 3.05) is 0 Å². The molecule has 3 aliphatic rings. The zero-order valence-corrected chi connectivity index (χ0v) is 14.9. The number of allylic oxidation sites excluding steroid dienone is 6. The van der Waals surface area contributed by atoms with E-state index in [4.69, 9.17) is 0 Å². The van der Waals surface area contributed by atoms with Crippen LogP contribution in [-0.2, 0) is 0 Å². The van der Waals surface area contributed by atoms with Crippen LogP contribution < -0.4 is 0 Å². The van der Waals surface area contributed by atoms with Gasteiger partial charge in [0.15, 0.2) is 0 Å². The smallest absolute Gasteiger partial charge is 0.0122 e. The summed E-state index contributed by atoms with van der Waals surface area (Å²) < 4.78 is 0. The highest BCUT2D eigenvalue weighted by Gasteiger charge is 2.51. The number of hydrogen-bond donors (Lipinski definition) is 0. The van der Waals surface area contributed by atoms with E-state index in [2.05, 4.69) is 92.7 Å². The number of hydrogen-bond acceptors (Lipinski definition) is 0. The first-order valence-corrected chi connectivity index (χ1v) is 9.40. The summed E-state index contributed by atoms with van der Waals surface area (Å²) in [6, 6.07) is 20.1. The lowest BCUT2D eigenvalue weighted by Gasteiger charge is -2.33. The van der Waals surface area contributed by atoms with Gasteiger partial charge >= 0.3 is 0 Å². The fraction of sp³-hybridized carbons (Fsp3) is 0.280. The Morgan fingerprint density at radius 1 is 0.960 bits per heavy atom. The van der Waals surface area contributed by atoms with Crippen molar-refractivity contribution in [3.05, 3.63) is 101 Å². The molecule has 0 aromatic heterocycles. The van der Waals surface area contributed by atoms with Gasteiger partial charge in [-0.3, -0.25) is 0 Å². The molecule has 0 aliphatic heterocycles. The van der Waals surface area contributed by atoms with Crippen LogP contribution in [0.25, 0.3) is 5.57 Å². The van der Waals surface area contributed by atoms with E-state index in [0.29, 0.717) is 17.8 Å². The van der Waals surface area contributed by atoms with E-state index in [9.17, 15) is 0 Å². The van der Waals surface area contributed by atoms with Crippen LogP contribution in [-0.4, -0.2) is 0 Å². The summed E-state index contributed by atoms with van der Waals surface area (Å²) in [4.78, 5) is 0. The second-order valence-electron chi connectivity index (χ2n) is 8.09. The van der Waals surface area contributed by atoms with Gasteiger partial charge in [-0.15, -0.1) is 0 Å². The number of benzene rings is 2. The van der Waals surface area contributed by atoms with Crippen LogP contribution in [0.4, 0.5) is 0 Å². The number of fused-ring (bicyclic) bond motifs is 2. The van der Waals surface area contributed by atoms with Gasteiger partial charge in [-0.25, -0.2) is 0 Å². The third kappa shape index (κ3) is 2.07. The highest BCUT2D eigenvalue weighted by Crippen LogP contribution is 2.63. The minimum absolute atomic E-state index is 0.197. The second-order valence-corrected chi connectivity index (χ2v) is 8.09. The molecule has 0 heterocycles. The first-order valence-electron chi connectivity index (χ1n) is 9.40. The van der Waals surface area contributed by atoms with Crippen molar-refractivity contribution in [3.8, 4) is 0 Å². The summed E-state index contributed by atoms with van der Waals surface area (Å²) in [5.74, 6) is 1.65. The van der Waals surface area contributed by atoms with E-state index in [-0.39, 0.29) is 5.41 Å². The van der Waals surface area contributed by atoms with Gasteiger partial charge in [-0.1, -0.05) is 91.4 Å². The van der Waals surface area contributed by atoms with Crippen molar-refractivity contribution >= 4 is 5.57 Å². The molecule has 0 heteroatoms. The maximum absolute atomic E-state index is 2.52. The highest BCUT2D eigenvalue weighted by atomic mass is 14.5. The molecule has 3 aliphatic carbocycles. The molecule has 25 heavy (non-hydrogen) atoms. The average molecular weight is 324 g/mol. The fourth-order valence-corrected chi connectivity index (χ4v) is 5.53. The molecule has 1 saturated carbocycles. The van der Waals surface area contributed by atoms with Crippen molar-refractivity contribution in [2.24, 2.45) is 11.3 Å². The van der Waals surface area contributed by atoms with E-state index < -0.39 is 0 Å². The quantitative estimate of drug-likeness (QED) is 0.592. The first kappa shape index (κ1) is 15.0. The molecule has 0 saturated heterocycles. The Kier molecular flexibility index (Phi) is 3.19. The summed E-state index contributed by atoms with van der Waals surface area (Å²) >= 11 is 0. The molecular weight excluding hydrogens is 300 g/mol. The van der Waals surface area contributed by atoms with Gasteiger partial charge in [0.25, 0.3) is 0 Å². The van der Waals surface area contributed by atoms with Crippen molar-refractivity contribution in [1.29, 1.82) is 0 Å². The Labute approximate surface area is 150 Å². The minimum Gasteiger partial charge on any atom is -0.0767 e. The van der Waals surface area contributed by atoms with Crippen LogP contribution >= 0.6 is 0 Å². The van der Waals surface area contributed by atoms with Crippen LogP contribution in [0.1, 0.15) is 48.8 Å². The normalized spacial score (nSPS) is 32.3. The SMILES string of the molecule is CC1=CC(C2(C)CC(c3ccccc3)C3C=CC=C32)c2ccccc21. The maximum Gasteiger partial charge on any atom is 0.0122 e. The summed E-state index contributed by atoms with van der Waals surface area (Å²) in [5, 5.41) is 0. The van der Waals surface area contributed by atoms with Crippen molar-refractivity contribution in [3.63, 3.8) is 0 Å². The summed E-state index contributed by atoms with van der Waals surface area (Å²) in [6.07, 6.45) is 10.9. The predicted octanol–water partition coefficient (Wildman–Crippen LogP) is 6.49. The van der Waals surface area contributed by atoms with Gasteiger partial charge in [-0.2, -0.15) is 0 Å². The lowest BCUT2D eigenvalue weighted by Crippen LogP contribution is -2.23. The predicted molar refractivity (Wildman–Crippen MR) is 105 cm³/mol. The second kappa shape index (κ2) is 5.33. The first-order chi connectivity index (χ1) is 12.2. The van der Waals surface area contributed by atoms with E-state index >= 15 is 0 Å². The average Bonchev–Trinajstić information content (AvgIpc) is 3.32. The zero-order chi connectivity index (χ0) is 17.0. The van der Waals surface area contributed by atoms with Crippen LogP contribution in [0, 0.1) is 11.3 Å². The summed E-state index contributed by atoms with van der Waals surface area (Å²) in [7, 11) is 0. The molecule has 0 amide bonds.